The molecule has 1 aromatic heterocycles. The van der Waals surface area contributed by atoms with Crippen LogP contribution in [0.4, 0.5) is 4.79 Å². The molecule has 0 bridgehead atoms. The number of aromatic nitrogens is 3. The van der Waals surface area contributed by atoms with E-state index in [2.05, 4.69) is 15.5 Å². The molecule has 0 fully saturated rings. The van der Waals surface area contributed by atoms with Crippen molar-refractivity contribution in [2.75, 3.05) is 5.84 Å². The maximum absolute atomic E-state index is 12.4. The minimum atomic E-state index is -0.614. The Balaban J connectivity index is 1.77. The molecule has 3 rings (SSSR count). The first-order chi connectivity index (χ1) is 14.7. The number of hydrogen-bond acceptors (Lipinski definition) is 6. The van der Waals surface area contributed by atoms with Gasteiger partial charge >= 0.3 is 6.09 Å². The molecule has 0 saturated carbocycles. The van der Waals surface area contributed by atoms with E-state index in [0.29, 0.717) is 28.2 Å². The van der Waals surface area contributed by atoms with Crippen LogP contribution in [0.3, 0.4) is 0 Å². The molecule has 1 atom stereocenters. The standard InChI is InChI=1S/C22H26ClN5O2S/c1-22(2,3)30-21(29)25-18(13-15-7-5-4-6-8-15)19-26-27-20(28(19)24)31-14-16-9-11-17(23)12-10-16/h4-12,18H,13-14,24H2,1-3H3,(H,25,29)/t18-/m0/s1. The van der Waals surface area contributed by atoms with Crippen molar-refractivity contribution in [3.8, 4) is 0 Å². The van der Waals surface area contributed by atoms with Crippen molar-refractivity contribution in [2.24, 2.45) is 0 Å². The van der Waals surface area contributed by atoms with Crippen LogP contribution in [0, 0.1) is 0 Å². The molecule has 1 amide bonds. The smallest absolute Gasteiger partial charge is 0.408 e. The van der Waals surface area contributed by atoms with Crippen molar-refractivity contribution in [2.45, 2.75) is 49.7 Å². The van der Waals surface area contributed by atoms with Gasteiger partial charge in [-0.2, -0.15) is 0 Å². The van der Waals surface area contributed by atoms with E-state index in [1.54, 1.807) is 0 Å². The number of alkyl carbamates (subject to hydrolysis) is 1. The molecule has 0 aliphatic rings. The Bertz CT molecular complexity index is 1000. The van der Waals surface area contributed by atoms with Crippen molar-refractivity contribution in [1.82, 2.24) is 20.2 Å². The number of rotatable bonds is 7. The summed E-state index contributed by atoms with van der Waals surface area (Å²) in [6.07, 6.45) is -0.0381. The average molecular weight is 460 g/mol. The summed E-state index contributed by atoms with van der Waals surface area (Å²) in [5.74, 6) is 7.42. The molecule has 3 N–H and O–H groups in total. The first-order valence-electron chi connectivity index (χ1n) is 9.82. The van der Waals surface area contributed by atoms with Gasteiger partial charge < -0.3 is 15.9 Å². The fourth-order valence-corrected chi connectivity index (χ4v) is 3.80. The third-order valence-corrected chi connectivity index (χ3v) is 5.52. The Labute approximate surface area is 191 Å². The summed E-state index contributed by atoms with van der Waals surface area (Å²) >= 11 is 7.40. The molecule has 7 nitrogen and oxygen atoms in total. The van der Waals surface area contributed by atoms with Crippen LogP contribution in [0.2, 0.25) is 5.02 Å². The lowest BCUT2D eigenvalue weighted by Crippen LogP contribution is -2.37. The maximum Gasteiger partial charge on any atom is 0.408 e. The van der Waals surface area contributed by atoms with Gasteiger partial charge in [0.2, 0.25) is 5.16 Å². The fraction of sp³-hybridized carbons (Fsp3) is 0.318. The lowest BCUT2D eigenvalue weighted by molar-refractivity contribution is 0.0500. The zero-order chi connectivity index (χ0) is 22.4. The molecule has 0 aliphatic heterocycles. The second kappa shape index (κ2) is 10.1. The van der Waals surface area contributed by atoms with Crippen molar-refractivity contribution >= 4 is 29.5 Å². The van der Waals surface area contributed by atoms with Gasteiger partial charge in [0.05, 0.1) is 6.04 Å². The van der Waals surface area contributed by atoms with Gasteiger partial charge in [0.1, 0.15) is 5.60 Å². The largest absolute Gasteiger partial charge is 0.444 e. The Morgan fingerprint density at radius 1 is 1.13 bits per heavy atom. The van der Waals surface area contributed by atoms with E-state index in [9.17, 15) is 4.79 Å². The van der Waals surface area contributed by atoms with Crippen molar-refractivity contribution in [1.29, 1.82) is 0 Å². The normalized spacial score (nSPS) is 12.4. The molecule has 31 heavy (non-hydrogen) atoms. The minimum absolute atomic E-state index is 0.452. The van der Waals surface area contributed by atoms with E-state index in [4.69, 9.17) is 22.2 Å². The van der Waals surface area contributed by atoms with Gasteiger partial charge in [-0.3, -0.25) is 0 Å². The molecule has 0 unspecified atom stereocenters. The molecule has 0 spiro atoms. The summed E-state index contributed by atoms with van der Waals surface area (Å²) in [5, 5.41) is 12.6. The zero-order valence-corrected chi connectivity index (χ0v) is 19.3. The second-order valence-corrected chi connectivity index (χ2v) is 9.39. The van der Waals surface area contributed by atoms with Gasteiger partial charge in [-0.05, 0) is 44.0 Å². The molecule has 0 saturated heterocycles. The number of thioether (sulfide) groups is 1. The molecule has 1 heterocycles. The number of amides is 1. The highest BCUT2D eigenvalue weighted by atomic mass is 35.5. The summed E-state index contributed by atoms with van der Waals surface area (Å²) in [5.41, 5.74) is 1.51. The van der Waals surface area contributed by atoms with Gasteiger partial charge in [-0.15, -0.1) is 10.2 Å². The van der Waals surface area contributed by atoms with Crippen molar-refractivity contribution in [3.05, 3.63) is 76.6 Å². The van der Waals surface area contributed by atoms with Crippen LogP contribution < -0.4 is 11.2 Å². The van der Waals surface area contributed by atoms with E-state index in [1.807, 2.05) is 75.4 Å². The number of hydrogen-bond donors (Lipinski definition) is 2. The zero-order valence-electron chi connectivity index (χ0n) is 17.7. The Hall–Kier alpha value is -2.71. The van der Waals surface area contributed by atoms with E-state index >= 15 is 0 Å². The van der Waals surface area contributed by atoms with E-state index in [-0.39, 0.29) is 0 Å². The number of nitrogens with zero attached hydrogens (tertiary/aromatic N) is 3. The lowest BCUT2D eigenvalue weighted by Gasteiger charge is -2.23. The van der Waals surface area contributed by atoms with Crippen LogP contribution >= 0.6 is 23.4 Å². The van der Waals surface area contributed by atoms with E-state index in [1.165, 1.54) is 16.4 Å². The molecule has 164 valence electrons. The highest BCUT2D eigenvalue weighted by molar-refractivity contribution is 7.98. The third kappa shape index (κ3) is 6.90. The average Bonchev–Trinajstić information content (AvgIpc) is 3.07. The molecular formula is C22H26ClN5O2S. The Morgan fingerprint density at radius 3 is 2.45 bits per heavy atom. The molecule has 2 aromatic carbocycles. The van der Waals surface area contributed by atoms with Crippen LogP contribution in [0.5, 0.6) is 0 Å². The van der Waals surface area contributed by atoms with Gasteiger partial charge in [-0.1, -0.05) is 65.8 Å². The predicted molar refractivity (Wildman–Crippen MR) is 123 cm³/mol. The summed E-state index contributed by atoms with van der Waals surface area (Å²) < 4.78 is 6.85. The van der Waals surface area contributed by atoms with Gasteiger partial charge in [-0.25, -0.2) is 9.47 Å². The molecule has 3 aromatic rings. The Morgan fingerprint density at radius 2 is 1.81 bits per heavy atom. The summed E-state index contributed by atoms with van der Waals surface area (Å²) in [6, 6.07) is 16.9. The van der Waals surface area contributed by atoms with Crippen LogP contribution in [-0.2, 0) is 16.9 Å². The quantitative estimate of drug-likeness (QED) is 0.391. The van der Waals surface area contributed by atoms with Crippen LogP contribution in [0.25, 0.3) is 0 Å². The maximum atomic E-state index is 12.4. The second-order valence-electron chi connectivity index (χ2n) is 8.01. The van der Waals surface area contributed by atoms with Gasteiger partial charge in [0.15, 0.2) is 5.82 Å². The number of halogens is 1. The van der Waals surface area contributed by atoms with Crippen LogP contribution in [0.1, 0.15) is 43.8 Å². The molecule has 9 heteroatoms. The minimum Gasteiger partial charge on any atom is -0.444 e. The van der Waals surface area contributed by atoms with Crippen molar-refractivity contribution in [3.63, 3.8) is 0 Å². The number of carbonyl (C=O) groups is 1. The monoisotopic (exact) mass is 459 g/mol. The van der Waals surface area contributed by atoms with Gasteiger partial charge in [0.25, 0.3) is 0 Å². The molecule has 0 radical (unpaired) electrons. The third-order valence-electron chi connectivity index (χ3n) is 4.26. The summed E-state index contributed by atoms with van der Waals surface area (Å²) in [4.78, 5) is 12.4. The summed E-state index contributed by atoms with van der Waals surface area (Å²) in [6.45, 7) is 5.45. The predicted octanol–water partition coefficient (Wildman–Crippen LogP) is 4.75. The topological polar surface area (TPSA) is 95.1 Å². The van der Waals surface area contributed by atoms with Gasteiger partial charge in [0, 0.05) is 17.2 Å². The van der Waals surface area contributed by atoms with Crippen LogP contribution in [0.15, 0.2) is 59.8 Å². The Kier molecular flexibility index (Phi) is 7.46. The number of ether oxygens (including phenoxy) is 1. The number of carbonyl (C=O) groups excluding carboxylic acids is 1. The number of nitrogen functional groups attached to an aromatic ring is 1. The first-order valence-corrected chi connectivity index (χ1v) is 11.2. The highest BCUT2D eigenvalue weighted by Gasteiger charge is 2.25. The molecule has 0 aliphatic carbocycles. The van der Waals surface area contributed by atoms with Crippen molar-refractivity contribution < 1.29 is 9.53 Å². The van der Waals surface area contributed by atoms with E-state index < -0.39 is 17.7 Å². The molecular weight excluding hydrogens is 434 g/mol. The SMILES string of the molecule is CC(C)(C)OC(=O)N[C@@H](Cc1ccccc1)c1nnc(SCc2ccc(Cl)cc2)n1N. The fourth-order valence-electron chi connectivity index (χ4n) is 2.86. The van der Waals surface area contributed by atoms with E-state index in [0.717, 1.165) is 11.1 Å². The summed E-state index contributed by atoms with van der Waals surface area (Å²) in [7, 11) is 0. The number of nitrogens with one attached hydrogen (secondary N) is 1. The van der Waals surface area contributed by atoms with Crippen LogP contribution in [-0.4, -0.2) is 26.6 Å². The number of benzene rings is 2. The highest BCUT2D eigenvalue weighted by Crippen LogP contribution is 2.25. The number of nitrogens with two attached hydrogens (primary N) is 1. The first kappa shape index (κ1) is 23.0. The lowest BCUT2D eigenvalue weighted by atomic mass is 10.1.